The number of nitrogens with zero attached hydrogens (tertiary/aromatic N) is 2. The van der Waals surface area contributed by atoms with Crippen LogP contribution in [0, 0.1) is 0 Å². The summed E-state index contributed by atoms with van der Waals surface area (Å²) in [6.45, 7) is 2.08. The molecule has 1 atom stereocenters. The van der Waals surface area contributed by atoms with Crippen molar-refractivity contribution in [2.45, 2.75) is 19.4 Å². The molecule has 0 aliphatic rings. The number of pyridine rings is 1. The highest BCUT2D eigenvalue weighted by molar-refractivity contribution is 7.98. The molecule has 1 amide bonds. The molecule has 0 fully saturated rings. The molecule has 0 radical (unpaired) electrons. The van der Waals surface area contributed by atoms with E-state index in [2.05, 4.69) is 17.3 Å². The van der Waals surface area contributed by atoms with Crippen molar-refractivity contribution in [2.75, 3.05) is 24.5 Å². The van der Waals surface area contributed by atoms with Gasteiger partial charge in [0.2, 0.25) is 0 Å². The minimum absolute atomic E-state index is 0.0584. The van der Waals surface area contributed by atoms with Crippen LogP contribution in [-0.2, 0) is 0 Å². The van der Waals surface area contributed by atoms with Crippen LogP contribution in [0.5, 0.6) is 0 Å². The van der Waals surface area contributed by atoms with Crippen molar-refractivity contribution in [1.82, 2.24) is 9.88 Å². The molecule has 0 aliphatic heterocycles. The molecule has 0 saturated heterocycles. The number of rotatable bonds is 6. The number of hydrogen-bond acceptors (Lipinski definition) is 5. The van der Waals surface area contributed by atoms with E-state index in [1.807, 2.05) is 13.3 Å². The molecule has 0 saturated carbocycles. The Labute approximate surface area is 112 Å². The number of carbonyl (C=O) groups excluding carboxylic acids is 1. The Morgan fingerprint density at radius 2 is 2.39 bits per heavy atom. The first kappa shape index (κ1) is 14.8. The summed E-state index contributed by atoms with van der Waals surface area (Å²) in [6.07, 6.45) is 6.11. The SMILES string of the molecule is CCC(CSC)N(C)C(=O)c1cnccc1NN. The van der Waals surface area contributed by atoms with Crippen molar-refractivity contribution >= 4 is 23.4 Å². The van der Waals surface area contributed by atoms with Crippen LogP contribution in [0.3, 0.4) is 0 Å². The second-order valence-corrected chi connectivity index (χ2v) is 4.91. The summed E-state index contributed by atoms with van der Waals surface area (Å²) in [5.74, 6) is 6.27. The predicted octanol–water partition coefficient (Wildman–Crippen LogP) is 1.58. The van der Waals surface area contributed by atoms with Crippen LogP contribution in [0.4, 0.5) is 5.69 Å². The number of nitrogens with one attached hydrogen (secondary N) is 1. The van der Waals surface area contributed by atoms with Gasteiger partial charge in [0, 0.05) is 31.2 Å². The van der Waals surface area contributed by atoms with Gasteiger partial charge < -0.3 is 10.3 Å². The summed E-state index contributed by atoms with van der Waals surface area (Å²) in [7, 11) is 1.82. The molecule has 18 heavy (non-hydrogen) atoms. The molecule has 1 aromatic rings. The molecule has 1 unspecified atom stereocenters. The Morgan fingerprint density at radius 1 is 1.67 bits per heavy atom. The van der Waals surface area contributed by atoms with Gasteiger partial charge in [-0.25, -0.2) is 0 Å². The number of nitrogens with two attached hydrogens (primary N) is 1. The Morgan fingerprint density at radius 3 is 2.94 bits per heavy atom. The van der Waals surface area contributed by atoms with Gasteiger partial charge in [0.05, 0.1) is 11.3 Å². The summed E-state index contributed by atoms with van der Waals surface area (Å²) < 4.78 is 0. The Balaban J connectivity index is 2.91. The van der Waals surface area contributed by atoms with Crippen molar-refractivity contribution in [2.24, 2.45) is 5.84 Å². The predicted molar refractivity (Wildman–Crippen MR) is 76.6 cm³/mol. The monoisotopic (exact) mass is 268 g/mol. The van der Waals surface area contributed by atoms with Crippen LogP contribution in [-0.4, -0.2) is 40.9 Å². The summed E-state index contributed by atoms with van der Waals surface area (Å²) in [4.78, 5) is 18.1. The lowest BCUT2D eigenvalue weighted by molar-refractivity contribution is 0.0744. The number of aromatic nitrogens is 1. The van der Waals surface area contributed by atoms with E-state index in [1.54, 1.807) is 35.1 Å². The fraction of sp³-hybridized carbons (Fsp3) is 0.500. The Hall–Kier alpha value is -1.27. The van der Waals surface area contributed by atoms with Crippen LogP contribution >= 0.6 is 11.8 Å². The third-order valence-electron chi connectivity index (χ3n) is 2.91. The van der Waals surface area contributed by atoms with Crippen molar-refractivity contribution in [3.05, 3.63) is 24.0 Å². The van der Waals surface area contributed by atoms with Gasteiger partial charge in [-0.2, -0.15) is 11.8 Å². The smallest absolute Gasteiger partial charge is 0.257 e. The Bertz CT molecular complexity index is 399. The fourth-order valence-corrected chi connectivity index (χ4v) is 2.59. The number of hydrogen-bond donors (Lipinski definition) is 2. The van der Waals surface area contributed by atoms with E-state index in [0.29, 0.717) is 11.3 Å². The lowest BCUT2D eigenvalue weighted by Crippen LogP contribution is -2.38. The minimum atomic E-state index is -0.0584. The molecule has 0 aliphatic carbocycles. The molecule has 1 rings (SSSR count). The molecular weight excluding hydrogens is 248 g/mol. The number of hydrazine groups is 1. The lowest BCUT2D eigenvalue weighted by atomic mass is 10.1. The van der Waals surface area contributed by atoms with E-state index in [9.17, 15) is 4.79 Å². The van der Waals surface area contributed by atoms with Gasteiger partial charge in [0.1, 0.15) is 0 Å². The van der Waals surface area contributed by atoms with Crippen LogP contribution in [0.15, 0.2) is 18.5 Å². The van der Waals surface area contributed by atoms with Crippen LogP contribution in [0.25, 0.3) is 0 Å². The molecule has 0 spiro atoms. The van der Waals surface area contributed by atoms with Crippen molar-refractivity contribution in [1.29, 1.82) is 0 Å². The minimum Gasteiger partial charge on any atom is -0.338 e. The first-order valence-electron chi connectivity index (χ1n) is 5.82. The zero-order valence-electron chi connectivity index (χ0n) is 11.0. The lowest BCUT2D eigenvalue weighted by Gasteiger charge is -2.27. The largest absolute Gasteiger partial charge is 0.338 e. The third-order valence-corrected chi connectivity index (χ3v) is 3.62. The summed E-state index contributed by atoms with van der Waals surface area (Å²) in [5.41, 5.74) is 3.63. The second kappa shape index (κ2) is 7.23. The van der Waals surface area contributed by atoms with E-state index in [1.165, 1.54) is 0 Å². The average molecular weight is 268 g/mol. The molecule has 3 N–H and O–H groups in total. The van der Waals surface area contributed by atoms with Crippen LogP contribution < -0.4 is 11.3 Å². The first-order valence-corrected chi connectivity index (χ1v) is 7.21. The van der Waals surface area contributed by atoms with Crippen molar-refractivity contribution in [3.8, 4) is 0 Å². The highest BCUT2D eigenvalue weighted by atomic mass is 32.2. The average Bonchev–Trinajstić information content (AvgIpc) is 2.43. The number of amides is 1. The molecule has 5 nitrogen and oxygen atoms in total. The van der Waals surface area contributed by atoms with Gasteiger partial charge in [0.25, 0.3) is 5.91 Å². The quantitative estimate of drug-likeness (QED) is 0.605. The van der Waals surface area contributed by atoms with Gasteiger partial charge in [-0.1, -0.05) is 6.92 Å². The highest BCUT2D eigenvalue weighted by Gasteiger charge is 2.21. The summed E-state index contributed by atoms with van der Waals surface area (Å²) in [6, 6.07) is 1.91. The first-order chi connectivity index (χ1) is 8.65. The summed E-state index contributed by atoms with van der Waals surface area (Å²) in [5, 5.41) is 0. The molecule has 0 bridgehead atoms. The van der Waals surface area contributed by atoms with Crippen molar-refractivity contribution in [3.63, 3.8) is 0 Å². The topological polar surface area (TPSA) is 71.2 Å². The molecule has 1 heterocycles. The van der Waals surface area contributed by atoms with E-state index in [4.69, 9.17) is 5.84 Å². The number of nitrogen functional groups attached to an aromatic ring is 1. The molecule has 1 aromatic heterocycles. The maximum Gasteiger partial charge on any atom is 0.257 e. The maximum atomic E-state index is 12.4. The van der Waals surface area contributed by atoms with E-state index < -0.39 is 0 Å². The molecule has 100 valence electrons. The van der Waals surface area contributed by atoms with Gasteiger partial charge in [-0.15, -0.1) is 0 Å². The van der Waals surface area contributed by atoms with Gasteiger partial charge in [-0.05, 0) is 18.7 Å². The highest BCUT2D eigenvalue weighted by Crippen LogP contribution is 2.17. The number of carbonyl (C=O) groups is 1. The third kappa shape index (κ3) is 3.36. The molecule has 0 aromatic carbocycles. The van der Waals surface area contributed by atoms with Crippen molar-refractivity contribution < 1.29 is 4.79 Å². The maximum absolute atomic E-state index is 12.4. The van der Waals surface area contributed by atoms with Gasteiger partial charge in [-0.3, -0.25) is 15.6 Å². The van der Waals surface area contributed by atoms with Crippen LogP contribution in [0.1, 0.15) is 23.7 Å². The van der Waals surface area contributed by atoms with E-state index in [-0.39, 0.29) is 11.9 Å². The Kier molecular flexibility index (Phi) is 5.94. The summed E-state index contributed by atoms with van der Waals surface area (Å²) >= 11 is 1.74. The number of thioether (sulfide) groups is 1. The fourth-order valence-electron chi connectivity index (χ4n) is 1.74. The zero-order valence-corrected chi connectivity index (χ0v) is 11.8. The van der Waals surface area contributed by atoms with E-state index in [0.717, 1.165) is 12.2 Å². The molecule has 6 heteroatoms. The zero-order chi connectivity index (χ0) is 13.5. The van der Waals surface area contributed by atoms with Gasteiger partial charge >= 0.3 is 0 Å². The normalized spacial score (nSPS) is 12.0. The molecular formula is C12H20N4OS. The second-order valence-electron chi connectivity index (χ2n) is 4.00. The standard InChI is InChI=1S/C12H20N4OS/c1-4-9(8-18-3)16(2)12(17)10-7-14-6-5-11(10)15-13/h5-7,9H,4,8,13H2,1-3H3,(H,14,15). The van der Waals surface area contributed by atoms with Gasteiger partial charge in [0.15, 0.2) is 0 Å². The van der Waals surface area contributed by atoms with Crippen LogP contribution in [0.2, 0.25) is 0 Å². The number of anilines is 1. The van der Waals surface area contributed by atoms with E-state index >= 15 is 0 Å².